The average molecular weight is 209 g/mol. The average Bonchev–Trinajstić information content (AvgIpc) is 2.04. The molecule has 1 rings (SSSR count). The first kappa shape index (κ1) is 9.98. The summed E-state index contributed by atoms with van der Waals surface area (Å²) < 4.78 is 29.4. The molecule has 0 aliphatic heterocycles. The summed E-state index contributed by atoms with van der Waals surface area (Å²) in [6.07, 6.45) is -1.56. The Balaban J connectivity index is 3.30. The molecule has 72 valence electrons. The minimum absolute atomic E-state index is 0.0969. The number of aromatic nitrogens is 1. The molecule has 0 fully saturated rings. The monoisotopic (exact) mass is 208 g/mol. The number of alkyl halides is 2. The van der Waals surface area contributed by atoms with Gasteiger partial charge in [0.05, 0.1) is 24.6 Å². The third-order valence-electron chi connectivity index (χ3n) is 1.51. The van der Waals surface area contributed by atoms with Crippen molar-refractivity contribution in [3.05, 3.63) is 16.9 Å². The highest BCUT2D eigenvalue weighted by Gasteiger charge is 2.19. The molecule has 0 aliphatic carbocycles. The van der Waals surface area contributed by atoms with Crippen LogP contribution in [0.15, 0.2) is 6.20 Å². The first-order valence-electron chi connectivity index (χ1n) is 3.34. The van der Waals surface area contributed by atoms with Crippen LogP contribution in [-0.4, -0.2) is 12.1 Å². The van der Waals surface area contributed by atoms with Gasteiger partial charge in [0.1, 0.15) is 5.15 Å². The minimum atomic E-state index is -2.75. The van der Waals surface area contributed by atoms with Gasteiger partial charge in [-0.25, -0.2) is 13.8 Å². The van der Waals surface area contributed by atoms with Gasteiger partial charge in [0, 0.05) is 0 Å². The van der Waals surface area contributed by atoms with Crippen LogP contribution in [0.25, 0.3) is 0 Å². The van der Waals surface area contributed by atoms with E-state index < -0.39 is 12.0 Å². The normalized spacial score (nSPS) is 10.5. The van der Waals surface area contributed by atoms with Crippen molar-refractivity contribution in [2.24, 2.45) is 0 Å². The van der Waals surface area contributed by atoms with Gasteiger partial charge in [-0.2, -0.15) is 0 Å². The summed E-state index contributed by atoms with van der Waals surface area (Å²) in [7, 11) is 1.32. The molecule has 0 amide bonds. The van der Waals surface area contributed by atoms with E-state index in [0.29, 0.717) is 0 Å². The molecule has 0 aliphatic rings. The molecule has 0 radical (unpaired) electrons. The van der Waals surface area contributed by atoms with Crippen molar-refractivity contribution in [2.45, 2.75) is 6.43 Å². The number of nitrogens with two attached hydrogens (primary N) is 1. The Kier molecular flexibility index (Phi) is 2.87. The summed E-state index contributed by atoms with van der Waals surface area (Å²) in [4.78, 5) is 3.51. The number of rotatable bonds is 2. The molecule has 0 atom stereocenters. The van der Waals surface area contributed by atoms with Crippen molar-refractivity contribution in [1.29, 1.82) is 0 Å². The molecule has 1 heterocycles. The second-order valence-electron chi connectivity index (χ2n) is 2.25. The zero-order valence-corrected chi connectivity index (χ0v) is 7.48. The highest BCUT2D eigenvalue weighted by atomic mass is 35.5. The number of hydrogen-bond donors (Lipinski definition) is 1. The van der Waals surface area contributed by atoms with Crippen molar-refractivity contribution >= 4 is 17.3 Å². The molecule has 1 aromatic heterocycles. The smallest absolute Gasteiger partial charge is 0.268 e. The molecular weight excluding hydrogens is 202 g/mol. The topological polar surface area (TPSA) is 48.1 Å². The van der Waals surface area contributed by atoms with Gasteiger partial charge in [0.2, 0.25) is 0 Å². The van der Waals surface area contributed by atoms with E-state index in [2.05, 4.69) is 4.98 Å². The van der Waals surface area contributed by atoms with E-state index >= 15 is 0 Å². The van der Waals surface area contributed by atoms with Crippen LogP contribution in [0.3, 0.4) is 0 Å². The molecule has 0 saturated heterocycles. The van der Waals surface area contributed by atoms with E-state index in [0.717, 1.165) is 0 Å². The zero-order chi connectivity index (χ0) is 10.0. The summed E-state index contributed by atoms with van der Waals surface area (Å²) in [5.74, 6) is 0.0969. The Morgan fingerprint density at radius 3 is 2.69 bits per heavy atom. The molecule has 0 unspecified atom stereocenters. The van der Waals surface area contributed by atoms with E-state index in [1.807, 2.05) is 0 Å². The molecule has 1 aromatic rings. The molecule has 3 nitrogen and oxygen atoms in total. The van der Waals surface area contributed by atoms with Crippen molar-refractivity contribution in [3.63, 3.8) is 0 Å². The van der Waals surface area contributed by atoms with E-state index in [1.165, 1.54) is 13.3 Å². The molecule has 0 saturated carbocycles. The van der Waals surface area contributed by atoms with Crippen molar-refractivity contribution in [3.8, 4) is 5.75 Å². The molecule has 0 aromatic carbocycles. The standard InChI is InChI=1S/C7H7ClF2N2O/c1-13-3-2-12-6(8)4(5(3)11)7(9)10/h2,7H,1H3,(H2,11,12). The molecule has 0 bridgehead atoms. The van der Waals surface area contributed by atoms with Crippen molar-refractivity contribution < 1.29 is 13.5 Å². The van der Waals surface area contributed by atoms with Gasteiger partial charge in [0.15, 0.2) is 5.75 Å². The minimum Gasteiger partial charge on any atom is -0.493 e. The number of anilines is 1. The third kappa shape index (κ3) is 1.80. The Morgan fingerprint density at radius 2 is 2.23 bits per heavy atom. The fraction of sp³-hybridized carbons (Fsp3) is 0.286. The van der Waals surface area contributed by atoms with E-state index in [-0.39, 0.29) is 16.6 Å². The lowest BCUT2D eigenvalue weighted by Gasteiger charge is -2.09. The lowest BCUT2D eigenvalue weighted by Crippen LogP contribution is -2.01. The number of nitrogen functional groups attached to an aromatic ring is 1. The maximum atomic E-state index is 12.3. The number of hydrogen-bond acceptors (Lipinski definition) is 3. The second-order valence-corrected chi connectivity index (χ2v) is 2.60. The first-order valence-corrected chi connectivity index (χ1v) is 3.71. The van der Waals surface area contributed by atoms with Gasteiger partial charge in [-0.1, -0.05) is 11.6 Å². The zero-order valence-electron chi connectivity index (χ0n) is 6.72. The number of methoxy groups -OCH3 is 1. The maximum Gasteiger partial charge on any atom is 0.268 e. The highest BCUT2D eigenvalue weighted by molar-refractivity contribution is 6.30. The predicted octanol–water partition coefficient (Wildman–Crippen LogP) is 2.26. The van der Waals surface area contributed by atoms with E-state index in [9.17, 15) is 8.78 Å². The van der Waals surface area contributed by atoms with Gasteiger partial charge in [-0.05, 0) is 0 Å². The van der Waals surface area contributed by atoms with Gasteiger partial charge in [-0.3, -0.25) is 0 Å². The van der Waals surface area contributed by atoms with Gasteiger partial charge in [0.25, 0.3) is 6.43 Å². The third-order valence-corrected chi connectivity index (χ3v) is 1.81. The summed E-state index contributed by atoms with van der Waals surface area (Å²) >= 11 is 5.43. The summed E-state index contributed by atoms with van der Waals surface area (Å²) in [5.41, 5.74) is 4.71. The van der Waals surface area contributed by atoms with Crippen LogP contribution in [0.5, 0.6) is 5.75 Å². The van der Waals surface area contributed by atoms with Crippen LogP contribution >= 0.6 is 11.6 Å². The van der Waals surface area contributed by atoms with Crippen LogP contribution in [0.2, 0.25) is 5.15 Å². The Hall–Kier alpha value is -1.10. The Morgan fingerprint density at radius 1 is 1.62 bits per heavy atom. The Bertz CT molecular complexity index is 320. The number of ether oxygens (including phenoxy) is 1. The van der Waals surface area contributed by atoms with E-state index in [1.54, 1.807) is 0 Å². The van der Waals surface area contributed by atoms with Crippen LogP contribution < -0.4 is 10.5 Å². The number of nitrogens with zero attached hydrogens (tertiary/aromatic N) is 1. The van der Waals surface area contributed by atoms with Gasteiger partial charge in [-0.15, -0.1) is 0 Å². The summed E-state index contributed by atoms with van der Waals surface area (Å²) in [6, 6.07) is 0. The van der Waals surface area contributed by atoms with Crippen LogP contribution in [0, 0.1) is 0 Å². The Labute approximate surface area is 78.5 Å². The van der Waals surface area contributed by atoms with Gasteiger partial charge >= 0.3 is 0 Å². The van der Waals surface area contributed by atoms with E-state index in [4.69, 9.17) is 22.1 Å². The largest absolute Gasteiger partial charge is 0.493 e. The fourth-order valence-electron chi connectivity index (χ4n) is 0.868. The van der Waals surface area contributed by atoms with Crippen molar-refractivity contribution in [2.75, 3.05) is 12.8 Å². The second kappa shape index (κ2) is 3.74. The van der Waals surface area contributed by atoms with Crippen LogP contribution in [-0.2, 0) is 0 Å². The molecular formula is C7H7ClF2N2O. The predicted molar refractivity (Wildman–Crippen MR) is 45.2 cm³/mol. The molecule has 2 N–H and O–H groups in total. The summed E-state index contributed by atoms with van der Waals surface area (Å²) in [6.45, 7) is 0. The fourth-order valence-corrected chi connectivity index (χ4v) is 1.10. The molecule has 0 spiro atoms. The van der Waals surface area contributed by atoms with Crippen LogP contribution in [0.4, 0.5) is 14.5 Å². The lowest BCUT2D eigenvalue weighted by atomic mass is 10.2. The van der Waals surface area contributed by atoms with Crippen LogP contribution in [0.1, 0.15) is 12.0 Å². The summed E-state index contributed by atoms with van der Waals surface area (Å²) in [5, 5.41) is -0.298. The quantitative estimate of drug-likeness (QED) is 0.759. The van der Waals surface area contributed by atoms with Gasteiger partial charge < -0.3 is 10.5 Å². The molecule has 6 heteroatoms. The highest BCUT2D eigenvalue weighted by Crippen LogP contribution is 2.35. The molecule has 13 heavy (non-hydrogen) atoms. The maximum absolute atomic E-state index is 12.3. The SMILES string of the molecule is COc1cnc(Cl)c(C(F)F)c1N. The number of pyridine rings is 1. The lowest BCUT2D eigenvalue weighted by molar-refractivity contribution is 0.151. The number of halogens is 3. The van der Waals surface area contributed by atoms with Crippen molar-refractivity contribution in [1.82, 2.24) is 4.98 Å². The first-order chi connectivity index (χ1) is 6.07.